The molecule has 0 aliphatic carbocycles. The molecule has 3 rings (SSSR count). The summed E-state index contributed by atoms with van der Waals surface area (Å²) < 4.78 is 46.6. The van der Waals surface area contributed by atoms with Crippen molar-refractivity contribution >= 4 is 21.2 Å². The minimum Gasteiger partial charge on any atom is -0.308 e. The summed E-state index contributed by atoms with van der Waals surface area (Å²) in [4.78, 5) is 3.95. The molecule has 0 saturated heterocycles. The van der Waals surface area contributed by atoms with Gasteiger partial charge in [0.2, 0.25) is 0 Å². The van der Waals surface area contributed by atoms with Crippen molar-refractivity contribution in [3.63, 3.8) is 0 Å². The number of benzene rings is 2. The molecule has 3 aromatic rings. The highest BCUT2D eigenvalue weighted by Gasteiger charge is 2.21. The fourth-order valence-corrected chi connectivity index (χ4v) is 2.83. The van der Waals surface area contributed by atoms with E-state index in [0.717, 1.165) is 0 Å². The van der Waals surface area contributed by atoms with Crippen LogP contribution in [0.2, 0.25) is 0 Å². The van der Waals surface area contributed by atoms with Crippen LogP contribution in [-0.4, -0.2) is 22.5 Å². The summed E-state index contributed by atoms with van der Waals surface area (Å²) in [5.74, 6) is -0.371. The molecule has 0 aliphatic heterocycles. The Kier molecular flexibility index (Phi) is 3.23. The molecular formula is C14H11FN2O3S. The van der Waals surface area contributed by atoms with E-state index in [4.69, 9.17) is 0 Å². The van der Waals surface area contributed by atoms with Gasteiger partial charge in [-0.2, -0.15) is 8.42 Å². The number of para-hydroxylation sites is 2. The lowest BCUT2D eigenvalue weighted by atomic mass is 10.2. The molecule has 0 bridgehead atoms. The third-order valence-corrected chi connectivity index (χ3v) is 3.88. The van der Waals surface area contributed by atoms with Gasteiger partial charge >= 0.3 is 10.1 Å². The van der Waals surface area contributed by atoms with E-state index in [1.807, 2.05) is 0 Å². The molecule has 7 heteroatoms. The standard InChI is InChI=1S/C14H11FN2O3S/c15-11-7-5-10(6-8-11)9-17-13-4-2-1-3-12(13)16-14(17)21(18,19)20/h1-8H,9H2,(H,18,19,20). The second-order valence-electron chi connectivity index (χ2n) is 4.57. The molecule has 0 atom stereocenters. The Bertz CT molecular complexity index is 902. The molecule has 1 N–H and O–H groups in total. The monoisotopic (exact) mass is 306 g/mol. The molecule has 5 nitrogen and oxygen atoms in total. The van der Waals surface area contributed by atoms with Crippen LogP contribution in [0.1, 0.15) is 5.56 Å². The van der Waals surface area contributed by atoms with Gasteiger partial charge in [0.25, 0.3) is 5.16 Å². The first kappa shape index (κ1) is 13.7. The maximum Gasteiger partial charge on any atom is 0.328 e. The first-order valence-electron chi connectivity index (χ1n) is 6.12. The molecule has 0 aliphatic rings. The van der Waals surface area contributed by atoms with Gasteiger partial charge in [-0.1, -0.05) is 24.3 Å². The van der Waals surface area contributed by atoms with Crippen LogP contribution in [-0.2, 0) is 16.7 Å². The summed E-state index contributed by atoms with van der Waals surface area (Å²) in [6.45, 7) is 0.163. The highest BCUT2D eigenvalue weighted by Crippen LogP contribution is 2.21. The molecule has 0 fully saturated rings. The van der Waals surface area contributed by atoms with E-state index in [1.165, 1.54) is 16.7 Å². The zero-order valence-electron chi connectivity index (χ0n) is 10.8. The number of imidazole rings is 1. The minimum atomic E-state index is -4.45. The van der Waals surface area contributed by atoms with Crippen molar-refractivity contribution in [1.29, 1.82) is 0 Å². The van der Waals surface area contributed by atoms with Crippen LogP contribution >= 0.6 is 0 Å². The zero-order chi connectivity index (χ0) is 15.0. The van der Waals surface area contributed by atoms with Crippen molar-refractivity contribution in [2.24, 2.45) is 0 Å². The molecule has 0 spiro atoms. The second kappa shape index (κ2) is 4.94. The summed E-state index contributed by atoms with van der Waals surface area (Å²) in [5.41, 5.74) is 1.74. The van der Waals surface area contributed by atoms with Crippen LogP contribution in [0.5, 0.6) is 0 Å². The lowest BCUT2D eigenvalue weighted by Crippen LogP contribution is -2.10. The topological polar surface area (TPSA) is 72.2 Å². The first-order valence-corrected chi connectivity index (χ1v) is 7.56. The van der Waals surface area contributed by atoms with E-state index >= 15 is 0 Å². The number of fused-ring (bicyclic) bond motifs is 1. The highest BCUT2D eigenvalue weighted by molar-refractivity contribution is 7.85. The number of nitrogens with zero attached hydrogens (tertiary/aromatic N) is 2. The Morgan fingerprint density at radius 1 is 1.10 bits per heavy atom. The van der Waals surface area contributed by atoms with Crippen LogP contribution in [0, 0.1) is 5.82 Å². The molecule has 0 radical (unpaired) electrons. The van der Waals surface area contributed by atoms with E-state index in [2.05, 4.69) is 4.98 Å². The van der Waals surface area contributed by atoms with E-state index in [0.29, 0.717) is 16.6 Å². The largest absolute Gasteiger partial charge is 0.328 e. The molecular weight excluding hydrogens is 295 g/mol. The average molecular weight is 306 g/mol. The third-order valence-electron chi connectivity index (χ3n) is 3.10. The number of rotatable bonds is 3. The van der Waals surface area contributed by atoms with Gasteiger partial charge in [0.05, 0.1) is 17.6 Å². The first-order chi connectivity index (χ1) is 9.95. The van der Waals surface area contributed by atoms with Gasteiger partial charge in [-0.05, 0) is 29.8 Å². The predicted molar refractivity (Wildman–Crippen MR) is 75.0 cm³/mol. The zero-order valence-corrected chi connectivity index (χ0v) is 11.6. The Labute approximate surface area is 120 Å². The van der Waals surface area contributed by atoms with Crippen LogP contribution in [0.3, 0.4) is 0 Å². The number of aromatic nitrogens is 2. The van der Waals surface area contributed by atoms with Gasteiger partial charge in [0.15, 0.2) is 0 Å². The van der Waals surface area contributed by atoms with Crippen molar-refractivity contribution in [2.45, 2.75) is 11.7 Å². The fraction of sp³-hybridized carbons (Fsp3) is 0.0714. The van der Waals surface area contributed by atoms with Crippen LogP contribution in [0.4, 0.5) is 4.39 Å². The molecule has 1 aromatic heterocycles. The highest BCUT2D eigenvalue weighted by atomic mass is 32.2. The maximum atomic E-state index is 12.9. The lowest BCUT2D eigenvalue weighted by molar-refractivity contribution is 0.467. The molecule has 21 heavy (non-hydrogen) atoms. The third kappa shape index (κ3) is 2.65. The molecule has 1 heterocycles. The molecule has 2 aromatic carbocycles. The van der Waals surface area contributed by atoms with E-state index in [-0.39, 0.29) is 12.4 Å². The quantitative estimate of drug-likeness (QED) is 0.755. The van der Waals surface area contributed by atoms with Crippen LogP contribution in [0.25, 0.3) is 11.0 Å². The second-order valence-corrected chi connectivity index (χ2v) is 5.89. The smallest absolute Gasteiger partial charge is 0.308 e. The van der Waals surface area contributed by atoms with Gasteiger partial charge in [0.1, 0.15) is 5.82 Å². The van der Waals surface area contributed by atoms with Crippen LogP contribution < -0.4 is 0 Å². The minimum absolute atomic E-state index is 0.163. The number of hydrogen-bond donors (Lipinski definition) is 1. The Balaban J connectivity index is 2.17. The number of hydrogen-bond acceptors (Lipinski definition) is 3. The van der Waals surface area contributed by atoms with Gasteiger partial charge in [0, 0.05) is 0 Å². The number of halogens is 1. The molecule has 108 valence electrons. The summed E-state index contributed by atoms with van der Waals surface area (Å²) in [6, 6.07) is 12.5. The van der Waals surface area contributed by atoms with Crippen molar-refractivity contribution in [3.05, 3.63) is 59.9 Å². The van der Waals surface area contributed by atoms with Gasteiger partial charge < -0.3 is 4.57 Å². The van der Waals surface area contributed by atoms with Crippen molar-refractivity contribution in [2.75, 3.05) is 0 Å². The van der Waals surface area contributed by atoms with Gasteiger partial charge in [-0.3, -0.25) is 4.55 Å². The summed E-state index contributed by atoms with van der Waals surface area (Å²) >= 11 is 0. The average Bonchev–Trinajstić information content (AvgIpc) is 2.81. The summed E-state index contributed by atoms with van der Waals surface area (Å²) in [5, 5.41) is -0.423. The van der Waals surface area contributed by atoms with E-state index in [9.17, 15) is 17.4 Å². The van der Waals surface area contributed by atoms with Crippen molar-refractivity contribution < 1.29 is 17.4 Å². The normalized spacial score (nSPS) is 11.9. The van der Waals surface area contributed by atoms with Crippen molar-refractivity contribution in [3.8, 4) is 0 Å². The lowest BCUT2D eigenvalue weighted by Gasteiger charge is -2.07. The van der Waals surface area contributed by atoms with E-state index < -0.39 is 15.3 Å². The van der Waals surface area contributed by atoms with Crippen molar-refractivity contribution in [1.82, 2.24) is 9.55 Å². The Hall–Kier alpha value is -2.25. The van der Waals surface area contributed by atoms with Gasteiger partial charge in [-0.15, -0.1) is 0 Å². The van der Waals surface area contributed by atoms with E-state index in [1.54, 1.807) is 36.4 Å². The Morgan fingerprint density at radius 2 is 1.76 bits per heavy atom. The van der Waals surface area contributed by atoms with Crippen LogP contribution in [0.15, 0.2) is 53.7 Å². The fourth-order valence-electron chi connectivity index (χ4n) is 2.18. The summed E-state index contributed by atoms with van der Waals surface area (Å²) in [6.07, 6.45) is 0. The molecule has 0 unspecified atom stereocenters. The van der Waals surface area contributed by atoms with Gasteiger partial charge in [-0.25, -0.2) is 9.37 Å². The SMILES string of the molecule is O=S(=O)(O)c1nc2ccccc2n1Cc1ccc(F)cc1. The molecule has 0 saturated carbocycles. The summed E-state index contributed by atoms with van der Waals surface area (Å²) in [7, 11) is -4.45. The maximum absolute atomic E-state index is 12.9. The predicted octanol–water partition coefficient (Wildman–Crippen LogP) is 2.47. The Morgan fingerprint density at radius 3 is 2.43 bits per heavy atom. The molecule has 0 amide bonds.